The number of benzene rings is 1. The summed E-state index contributed by atoms with van der Waals surface area (Å²) in [6, 6.07) is 7.11. The van der Waals surface area contributed by atoms with Crippen LogP contribution in [0.3, 0.4) is 0 Å². The maximum absolute atomic E-state index is 13.9. The minimum atomic E-state index is -0.178. The first-order valence-electron chi connectivity index (χ1n) is 10.7. The van der Waals surface area contributed by atoms with Crippen LogP contribution in [0.2, 0.25) is 0 Å². The van der Waals surface area contributed by atoms with Crippen LogP contribution in [0.15, 0.2) is 29.3 Å². The summed E-state index contributed by atoms with van der Waals surface area (Å²) in [5.74, 6) is 0.807. The molecule has 3 aliphatic rings. The molecular weight excluding hydrogens is 355 g/mol. The lowest BCUT2D eigenvalue weighted by molar-refractivity contribution is 0.0168. The average molecular weight is 389 g/mol. The van der Waals surface area contributed by atoms with Crippen molar-refractivity contribution < 1.29 is 9.13 Å². The van der Waals surface area contributed by atoms with Crippen molar-refractivity contribution in [2.75, 3.05) is 53.0 Å². The molecule has 3 fully saturated rings. The molecule has 0 radical (unpaired) electrons. The van der Waals surface area contributed by atoms with Gasteiger partial charge in [0, 0.05) is 39.8 Å². The van der Waals surface area contributed by atoms with E-state index in [4.69, 9.17) is 4.74 Å². The van der Waals surface area contributed by atoms with Crippen molar-refractivity contribution in [3.05, 3.63) is 35.6 Å². The van der Waals surface area contributed by atoms with Crippen molar-refractivity contribution in [3.63, 3.8) is 0 Å². The standard InChI is InChI=1S/C22H33FN4O/c1-24-21(27-10-9-22(17-27)7-2-3-8-22)25-16-20(26-11-13-28-14-12-26)18-5-4-6-19(23)15-18/h4-6,15,20H,2-3,7-14,16-17H2,1H3,(H,24,25). The molecule has 0 bridgehead atoms. The molecule has 1 atom stereocenters. The van der Waals surface area contributed by atoms with E-state index in [-0.39, 0.29) is 11.9 Å². The van der Waals surface area contributed by atoms with Gasteiger partial charge in [-0.1, -0.05) is 25.0 Å². The number of likely N-dealkylation sites (tertiary alicyclic amines) is 1. The van der Waals surface area contributed by atoms with Gasteiger partial charge in [0.2, 0.25) is 0 Å². The number of ether oxygens (including phenoxy) is 1. The predicted molar refractivity (Wildman–Crippen MR) is 110 cm³/mol. The predicted octanol–water partition coefficient (Wildman–Crippen LogP) is 3.04. The van der Waals surface area contributed by atoms with E-state index in [0.29, 0.717) is 5.41 Å². The topological polar surface area (TPSA) is 40.1 Å². The zero-order valence-electron chi connectivity index (χ0n) is 17.0. The SMILES string of the molecule is CN=C(NCC(c1cccc(F)c1)N1CCOCC1)N1CCC2(CCCC2)C1. The molecule has 1 spiro atoms. The Hall–Kier alpha value is -1.66. The maximum atomic E-state index is 13.9. The summed E-state index contributed by atoms with van der Waals surface area (Å²) >= 11 is 0. The minimum absolute atomic E-state index is 0.111. The Balaban J connectivity index is 1.44. The molecular formula is C22H33FN4O. The van der Waals surface area contributed by atoms with Crippen LogP contribution in [-0.2, 0) is 4.74 Å². The van der Waals surface area contributed by atoms with Crippen molar-refractivity contribution in [3.8, 4) is 0 Å². The number of morpholine rings is 1. The number of aliphatic imine (C=N–C) groups is 1. The molecule has 6 heteroatoms. The van der Waals surface area contributed by atoms with Crippen LogP contribution in [0, 0.1) is 11.2 Å². The highest BCUT2D eigenvalue weighted by Gasteiger charge is 2.41. The van der Waals surface area contributed by atoms with Gasteiger partial charge in [-0.2, -0.15) is 0 Å². The largest absolute Gasteiger partial charge is 0.379 e. The van der Waals surface area contributed by atoms with E-state index in [1.807, 2.05) is 13.1 Å². The summed E-state index contributed by atoms with van der Waals surface area (Å²) in [7, 11) is 1.87. The lowest BCUT2D eigenvalue weighted by Crippen LogP contribution is -2.47. The molecule has 2 saturated heterocycles. The van der Waals surface area contributed by atoms with Crippen LogP contribution in [0.25, 0.3) is 0 Å². The Kier molecular flexibility index (Phi) is 6.16. The quantitative estimate of drug-likeness (QED) is 0.636. The third kappa shape index (κ3) is 4.33. The van der Waals surface area contributed by atoms with Gasteiger partial charge in [0.25, 0.3) is 0 Å². The van der Waals surface area contributed by atoms with Gasteiger partial charge in [-0.3, -0.25) is 9.89 Å². The number of nitrogens with zero attached hydrogens (tertiary/aromatic N) is 3. The van der Waals surface area contributed by atoms with Gasteiger partial charge in [-0.15, -0.1) is 0 Å². The number of hydrogen-bond donors (Lipinski definition) is 1. The Labute approximate surface area is 167 Å². The van der Waals surface area contributed by atoms with E-state index in [0.717, 1.165) is 57.5 Å². The number of nitrogens with one attached hydrogen (secondary N) is 1. The molecule has 0 aromatic heterocycles. The molecule has 28 heavy (non-hydrogen) atoms. The Morgan fingerprint density at radius 2 is 2.00 bits per heavy atom. The summed E-state index contributed by atoms with van der Waals surface area (Å²) in [5.41, 5.74) is 1.53. The van der Waals surface area contributed by atoms with Crippen LogP contribution < -0.4 is 5.32 Å². The Morgan fingerprint density at radius 1 is 1.21 bits per heavy atom. The summed E-state index contributed by atoms with van der Waals surface area (Å²) in [6.45, 7) is 6.13. The lowest BCUT2D eigenvalue weighted by atomic mass is 9.86. The first-order valence-corrected chi connectivity index (χ1v) is 10.7. The van der Waals surface area contributed by atoms with Gasteiger partial charge in [0.1, 0.15) is 5.82 Å². The first-order chi connectivity index (χ1) is 13.7. The molecule has 0 amide bonds. The molecule has 1 aromatic carbocycles. The molecule has 1 aromatic rings. The molecule has 154 valence electrons. The highest BCUT2D eigenvalue weighted by atomic mass is 19.1. The number of guanidine groups is 1. The van der Waals surface area contributed by atoms with Gasteiger partial charge >= 0.3 is 0 Å². The van der Waals surface area contributed by atoms with Crippen molar-refractivity contribution in [1.29, 1.82) is 0 Å². The second-order valence-electron chi connectivity index (χ2n) is 8.53. The van der Waals surface area contributed by atoms with Crippen LogP contribution in [0.5, 0.6) is 0 Å². The van der Waals surface area contributed by atoms with Crippen molar-refractivity contribution in [1.82, 2.24) is 15.1 Å². The molecule has 4 rings (SSSR count). The highest BCUT2D eigenvalue weighted by molar-refractivity contribution is 5.80. The lowest BCUT2D eigenvalue weighted by Gasteiger charge is -2.36. The minimum Gasteiger partial charge on any atom is -0.379 e. The fraction of sp³-hybridized carbons (Fsp3) is 0.682. The number of halogens is 1. The third-order valence-corrected chi connectivity index (χ3v) is 6.79. The van der Waals surface area contributed by atoms with Crippen LogP contribution in [0.1, 0.15) is 43.7 Å². The van der Waals surface area contributed by atoms with E-state index in [9.17, 15) is 4.39 Å². The van der Waals surface area contributed by atoms with Gasteiger partial charge in [-0.05, 0) is 42.4 Å². The third-order valence-electron chi connectivity index (χ3n) is 6.79. The zero-order chi connectivity index (χ0) is 19.4. The van der Waals surface area contributed by atoms with Crippen LogP contribution >= 0.6 is 0 Å². The molecule has 2 heterocycles. The van der Waals surface area contributed by atoms with E-state index in [1.165, 1.54) is 38.2 Å². The average Bonchev–Trinajstić information content (AvgIpc) is 3.36. The number of hydrogen-bond acceptors (Lipinski definition) is 3. The summed E-state index contributed by atoms with van der Waals surface area (Å²) in [4.78, 5) is 9.38. The molecule has 1 unspecified atom stereocenters. The van der Waals surface area contributed by atoms with Gasteiger partial charge in [-0.25, -0.2) is 4.39 Å². The smallest absolute Gasteiger partial charge is 0.193 e. The Bertz CT molecular complexity index is 683. The normalized spacial score (nSPS) is 24.1. The first kappa shape index (κ1) is 19.6. The summed E-state index contributed by atoms with van der Waals surface area (Å²) < 4.78 is 19.4. The van der Waals surface area contributed by atoms with Crippen molar-refractivity contribution in [2.24, 2.45) is 10.4 Å². The molecule has 5 nitrogen and oxygen atoms in total. The molecule has 1 aliphatic carbocycles. The van der Waals surface area contributed by atoms with Crippen molar-refractivity contribution in [2.45, 2.75) is 38.1 Å². The number of rotatable bonds is 4. The van der Waals surface area contributed by atoms with Gasteiger partial charge in [0.05, 0.1) is 19.3 Å². The zero-order valence-corrected chi connectivity index (χ0v) is 17.0. The fourth-order valence-electron chi connectivity index (χ4n) is 5.23. The van der Waals surface area contributed by atoms with E-state index in [1.54, 1.807) is 12.1 Å². The van der Waals surface area contributed by atoms with E-state index < -0.39 is 0 Å². The van der Waals surface area contributed by atoms with Gasteiger partial charge in [0.15, 0.2) is 5.96 Å². The summed E-state index contributed by atoms with van der Waals surface area (Å²) in [6.07, 6.45) is 6.75. The van der Waals surface area contributed by atoms with E-state index >= 15 is 0 Å². The van der Waals surface area contributed by atoms with Crippen molar-refractivity contribution >= 4 is 5.96 Å². The highest BCUT2D eigenvalue weighted by Crippen LogP contribution is 2.45. The summed E-state index contributed by atoms with van der Waals surface area (Å²) in [5, 5.41) is 3.60. The monoisotopic (exact) mass is 388 g/mol. The van der Waals surface area contributed by atoms with E-state index in [2.05, 4.69) is 20.1 Å². The second-order valence-corrected chi connectivity index (χ2v) is 8.53. The van der Waals surface area contributed by atoms with Crippen LogP contribution in [-0.4, -0.2) is 68.7 Å². The molecule has 1 N–H and O–H groups in total. The fourth-order valence-corrected chi connectivity index (χ4v) is 5.23. The maximum Gasteiger partial charge on any atom is 0.193 e. The Morgan fingerprint density at radius 3 is 2.71 bits per heavy atom. The van der Waals surface area contributed by atoms with Crippen LogP contribution in [0.4, 0.5) is 4.39 Å². The second kappa shape index (κ2) is 8.78. The van der Waals surface area contributed by atoms with Gasteiger partial charge < -0.3 is 15.0 Å². The molecule has 2 aliphatic heterocycles. The molecule has 1 saturated carbocycles.